The third-order valence-corrected chi connectivity index (χ3v) is 14.5. The van der Waals surface area contributed by atoms with Gasteiger partial charge >= 0.3 is 16.5 Å². The summed E-state index contributed by atoms with van der Waals surface area (Å²) in [6.07, 6.45) is 3.15. The molecule has 2 heterocycles. The first-order valence-electron chi connectivity index (χ1n) is 20.9. The zero-order chi connectivity index (χ0) is 42.3. The maximum absolute atomic E-state index is 7.34. The number of rotatable bonds is 6. The summed E-state index contributed by atoms with van der Waals surface area (Å²) in [7, 11) is -0.415. The van der Waals surface area contributed by atoms with Gasteiger partial charge in [-0.15, -0.1) is 0 Å². The van der Waals surface area contributed by atoms with Gasteiger partial charge in [-0.25, -0.2) is 0 Å². The van der Waals surface area contributed by atoms with E-state index in [9.17, 15) is 0 Å². The highest BCUT2D eigenvalue weighted by Crippen LogP contribution is 2.64. The number of fused-ring (bicyclic) bond motifs is 10. The van der Waals surface area contributed by atoms with Crippen molar-refractivity contribution in [1.82, 2.24) is 0 Å². The SMILES string of the molecule is COc1cc(C(C)(C)C)c(Op2oc3ccccc3c3ccccc3o2)c2c1CCC21CCc2c(OC)cc(C(C)(C)C)c(Op3oc4ccccc4c4ccccc4o3)c21. The molecule has 8 aromatic rings. The van der Waals surface area contributed by atoms with Crippen LogP contribution in [0.25, 0.3) is 43.9 Å². The van der Waals surface area contributed by atoms with Crippen LogP contribution >= 0.6 is 16.5 Å². The predicted molar refractivity (Wildman–Crippen MR) is 246 cm³/mol. The Kier molecular flexibility index (Phi) is 9.54. The number of para-hydroxylation sites is 4. The Hall–Kier alpha value is -5.68. The molecule has 0 saturated heterocycles. The van der Waals surface area contributed by atoms with Crippen LogP contribution in [0.5, 0.6) is 23.0 Å². The van der Waals surface area contributed by atoms with Crippen molar-refractivity contribution in [2.24, 2.45) is 0 Å². The molecule has 312 valence electrons. The Morgan fingerprint density at radius 2 is 0.787 bits per heavy atom. The molecule has 0 aliphatic heterocycles. The normalized spacial score (nSPS) is 14.4. The van der Waals surface area contributed by atoms with E-state index in [0.717, 1.165) is 104 Å². The summed E-state index contributed by atoms with van der Waals surface area (Å²) in [5.41, 5.74) is 8.00. The number of hydrogen-bond acceptors (Lipinski definition) is 8. The third-order valence-electron chi connectivity index (χ3n) is 12.5. The van der Waals surface area contributed by atoms with Gasteiger partial charge in [0.25, 0.3) is 0 Å². The maximum Gasteiger partial charge on any atom is 0.453 e. The number of methoxy groups -OCH3 is 2. The molecule has 1 spiro atoms. The first-order chi connectivity index (χ1) is 29.4. The first kappa shape index (κ1) is 39.5. The Morgan fingerprint density at radius 1 is 0.475 bits per heavy atom. The summed E-state index contributed by atoms with van der Waals surface area (Å²) in [5.74, 6) is 3.22. The minimum Gasteiger partial charge on any atom is -0.496 e. The van der Waals surface area contributed by atoms with Crippen LogP contribution in [-0.4, -0.2) is 14.2 Å². The van der Waals surface area contributed by atoms with Crippen LogP contribution < -0.4 is 18.5 Å². The van der Waals surface area contributed by atoms with Crippen molar-refractivity contribution in [3.8, 4) is 23.0 Å². The number of benzene rings is 6. The van der Waals surface area contributed by atoms with E-state index in [1.165, 1.54) is 0 Å². The highest BCUT2D eigenvalue weighted by molar-refractivity contribution is 7.32. The second kappa shape index (κ2) is 14.8. The molecule has 0 radical (unpaired) electrons. The van der Waals surface area contributed by atoms with Crippen LogP contribution in [0.4, 0.5) is 0 Å². The molecular weight excluding hydrogens is 803 g/mol. The van der Waals surface area contributed by atoms with Crippen LogP contribution in [0.1, 0.15) is 87.8 Å². The fourth-order valence-electron chi connectivity index (χ4n) is 9.62. The molecule has 2 aliphatic carbocycles. The standard InChI is InChI=1S/C51H50O8P2/c1-49(2,3)37-29-43(52-7)35-25-27-51(45(35)47(37)58-60-54-39-21-13-9-17-31(39)32-18-10-14-22-40(32)55-60)28-26-36-44(53-8)30-38(50(4,5)6)48(46(36)51)59-61-56-41-23-15-11-19-33(41)34-20-12-16-24-42(34)57-61/h9-24,29-30H,25-28H2,1-8H3. The van der Waals surface area contributed by atoms with Crippen molar-refractivity contribution >= 4 is 60.4 Å². The first-order valence-corrected chi connectivity index (χ1v) is 23.1. The quantitative estimate of drug-likeness (QED) is 0.163. The minimum atomic E-state index is -1.97. The average Bonchev–Trinajstić information content (AvgIpc) is 3.72. The molecule has 2 aliphatic rings. The van der Waals surface area contributed by atoms with Gasteiger partial charge in [-0.1, -0.05) is 114 Å². The van der Waals surface area contributed by atoms with Crippen LogP contribution in [0, 0.1) is 0 Å². The molecule has 8 nitrogen and oxygen atoms in total. The van der Waals surface area contributed by atoms with Crippen LogP contribution in [0.3, 0.4) is 0 Å². The smallest absolute Gasteiger partial charge is 0.453 e. The average molecular weight is 853 g/mol. The number of hydrogen-bond donors (Lipinski definition) is 0. The predicted octanol–water partition coefficient (Wildman–Crippen LogP) is 15.4. The van der Waals surface area contributed by atoms with E-state index in [-0.39, 0.29) is 10.8 Å². The molecule has 0 fully saturated rings. The van der Waals surface area contributed by atoms with Gasteiger partial charge in [0.05, 0.1) is 14.2 Å². The summed E-state index contributed by atoms with van der Waals surface area (Å²) in [6, 6.07) is 36.5. The van der Waals surface area contributed by atoms with Crippen LogP contribution in [0.15, 0.2) is 126 Å². The molecule has 0 unspecified atom stereocenters. The lowest BCUT2D eigenvalue weighted by Gasteiger charge is -2.34. The maximum atomic E-state index is 7.34. The summed E-state index contributed by atoms with van der Waals surface area (Å²) in [4.78, 5) is 0. The van der Waals surface area contributed by atoms with Gasteiger partial charge in [0.2, 0.25) is 0 Å². The summed E-state index contributed by atoms with van der Waals surface area (Å²) >= 11 is 0. The lowest BCUT2D eigenvalue weighted by molar-refractivity contribution is 0.402. The van der Waals surface area contributed by atoms with Crippen molar-refractivity contribution in [2.75, 3.05) is 14.2 Å². The molecule has 2 aromatic heterocycles. The molecule has 10 rings (SSSR count). The van der Waals surface area contributed by atoms with E-state index in [1.807, 2.05) is 72.8 Å². The Labute approximate surface area is 357 Å². The molecule has 0 N–H and O–H groups in total. The van der Waals surface area contributed by atoms with Crippen LogP contribution in [-0.2, 0) is 29.1 Å². The van der Waals surface area contributed by atoms with Gasteiger partial charge in [-0.3, -0.25) is 0 Å². The molecular formula is C51H50O8P2. The van der Waals surface area contributed by atoms with E-state index in [1.54, 1.807) is 14.2 Å². The molecule has 0 amide bonds. The van der Waals surface area contributed by atoms with Crippen molar-refractivity contribution in [3.05, 3.63) is 143 Å². The largest absolute Gasteiger partial charge is 0.496 e. The lowest BCUT2D eigenvalue weighted by Crippen LogP contribution is -2.26. The summed E-state index contributed by atoms with van der Waals surface area (Å²) < 4.78 is 54.3. The fourth-order valence-corrected chi connectivity index (χ4v) is 11.8. The lowest BCUT2D eigenvalue weighted by atomic mass is 9.72. The molecule has 6 aromatic carbocycles. The van der Waals surface area contributed by atoms with E-state index in [2.05, 4.69) is 77.9 Å². The minimum absolute atomic E-state index is 0.351. The molecule has 0 atom stereocenters. The van der Waals surface area contributed by atoms with Gasteiger partial charge in [0.15, 0.2) is 0 Å². The third kappa shape index (κ3) is 6.58. The zero-order valence-corrected chi connectivity index (χ0v) is 37.7. The second-order valence-electron chi connectivity index (χ2n) is 18.2. The summed E-state index contributed by atoms with van der Waals surface area (Å²) in [6.45, 7) is 13.3. The van der Waals surface area contributed by atoms with Crippen molar-refractivity contribution in [3.63, 3.8) is 0 Å². The van der Waals surface area contributed by atoms with Gasteiger partial charge in [-0.05, 0) is 72.9 Å². The van der Waals surface area contributed by atoms with E-state index in [4.69, 9.17) is 35.3 Å². The zero-order valence-electron chi connectivity index (χ0n) is 35.9. The van der Waals surface area contributed by atoms with E-state index >= 15 is 0 Å². The fraction of sp³-hybridized carbons (Fsp3) is 0.294. The molecule has 61 heavy (non-hydrogen) atoms. The summed E-state index contributed by atoms with van der Waals surface area (Å²) in [5, 5.41) is 3.84. The Morgan fingerprint density at radius 3 is 1.08 bits per heavy atom. The van der Waals surface area contributed by atoms with Crippen molar-refractivity contribution in [2.45, 2.75) is 83.5 Å². The van der Waals surface area contributed by atoms with Gasteiger partial charge in [-0.2, -0.15) is 0 Å². The topological polar surface area (TPSA) is 89.5 Å². The monoisotopic (exact) mass is 852 g/mol. The molecule has 10 heteroatoms. The van der Waals surface area contributed by atoms with Crippen LogP contribution in [0.2, 0.25) is 0 Å². The van der Waals surface area contributed by atoms with Gasteiger partial charge < -0.3 is 35.3 Å². The molecule has 0 saturated carbocycles. The highest BCUT2D eigenvalue weighted by atomic mass is 31.1. The van der Waals surface area contributed by atoms with Crippen molar-refractivity contribution < 1.29 is 35.3 Å². The second-order valence-corrected chi connectivity index (χ2v) is 20.2. The van der Waals surface area contributed by atoms with Gasteiger partial charge in [0.1, 0.15) is 45.3 Å². The number of ether oxygens (including phenoxy) is 2. The van der Waals surface area contributed by atoms with E-state index in [0.29, 0.717) is 22.3 Å². The highest BCUT2D eigenvalue weighted by Gasteiger charge is 2.53. The molecule has 0 bridgehead atoms. The van der Waals surface area contributed by atoms with E-state index < -0.39 is 21.9 Å². The van der Waals surface area contributed by atoms with Gasteiger partial charge in [0, 0.05) is 60.3 Å². The van der Waals surface area contributed by atoms with Crippen molar-refractivity contribution in [1.29, 1.82) is 0 Å². The Bertz CT molecular complexity index is 2780. The Balaban J connectivity index is 1.27.